The third kappa shape index (κ3) is 3.91. The number of aliphatic hydroxyl groups excluding tert-OH is 1. The molecule has 2 N–H and O–H groups in total. The van der Waals surface area contributed by atoms with Crippen molar-refractivity contribution < 1.29 is 13.9 Å². The van der Waals surface area contributed by atoms with Crippen LogP contribution in [-0.4, -0.2) is 28.7 Å². The molecule has 0 amide bonds. The lowest BCUT2D eigenvalue weighted by Crippen LogP contribution is -2.35. The van der Waals surface area contributed by atoms with Crippen LogP contribution in [0.2, 0.25) is 0 Å². The number of halogens is 2. The molecule has 2 rings (SSSR count). The summed E-state index contributed by atoms with van der Waals surface area (Å²) in [6.45, 7) is 3.26. The summed E-state index contributed by atoms with van der Waals surface area (Å²) in [7, 11) is 0. The monoisotopic (exact) mass is 287 g/mol. The van der Waals surface area contributed by atoms with Gasteiger partial charge < -0.3 is 10.4 Å². The van der Waals surface area contributed by atoms with Gasteiger partial charge in [0.15, 0.2) is 0 Å². The first-order valence-electron chi connectivity index (χ1n) is 6.48. The number of hydrogen-bond acceptors (Lipinski definition) is 3. The zero-order chi connectivity index (χ0) is 13.9. The van der Waals surface area contributed by atoms with Gasteiger partial charge in [-0.25, -0.2) is 8.78 Å². The smallest absolute Gasteiger partial charge is 0.131 e. The highest BCUT2D eigenvalue weighted by atomic mass is 32.2. The molecule has 5 heteroatoms. The lowest BCUT2D eigenvalue weighted by molar-refractivity contribution is 0.169. The summed E-state index contributed by atoms with van der Waals surface area (Å²) in [6, 6.07) is 3.26. The number of thioether (sulfide) groups is 1. The molecule has 0 spiro atoms. The summed E-state index contributed by atoms with van der Waals surface area (Å²) in [4.78, 5) is 0. The fourth-order valence-electron chi connectivity index (χ4n) is 2.33. The maximum Gasteiger partial charge on any atom is 0.131 e. The Morgan fingerprint density at radius 1 is 1.47 bits per heavy atom. The van der Waals surface area contributed by atoms with Gasteiger partial charge in [-0.15, -0.1) is 0 Å². The molecule has 0 aromatic heterocycles. The molecular formula is C14H19F2NOS. The summed E-state index contributed by atoms with van der Waals surface area (Å²) < 4.78 is 26.5. The number of aliphatic hydroxyl groups is 1. The molecule has 1 saturated heterocycles. The molecule has 106 valence electrons. The van der Waals surface area contributed by atoms with Crippen molar-refractivity contribution in [3.05, 3.63) is 35.4 Å². The van der Waals surface area contributed by atoms with Crippen molar-refractivity contribution in [2.75, 3.05) is 18.8 Å². The summed E-state index contributed by atoms with van der Waals surface area (Å²) in [5.74, 6) is -0.153. The third-order valence-corrected chi connectivity index (χ3v) is 5.00. The Kier molecular flexibility index (Phi) is 4.81. The van der Waals surface area contributed by atoms with Gasteiger partial charge in [-0.2, -0.15) is 11.8 Å². The fourth-order valence-corrected chi connectivity index (χ4v) is 3.61. The van der Waals surface area contributed by atoms with E-state index in [0.29, 0.717) is 0 Å². The molecule has 0 bridgehead atoms. The molecule has 1 aromatic rings. The highest BCUT2D eigenvalue weighted by Gasteiger charge is 2.29. The van der Waals surface area contributed by atoms with Crippen LogP contribution < -0.4 is 5.32 Å². The molecule has 1 aliphatic heterocycles. The van der Waals surface area contributed by atoms with E-state index in [9.17, 15) is 13.9 Å². The quantitative estimate of drug-likeness (QED) is 0.873. The first-order chi connectivity index (χ1) is 9.00. The van der Waals surface area contributed by atoms with E-state index >= 15 is 0 Å². The molecule has 0 aliphatic carbocycles. The van der Waals surface area contributed by atoms with Gasteiger partial charge in [-0.05, 0) is 31.6 Å². The van der Waals surface area contributed by atoms with E-state index in [1.54, 1.807) is 0 Å². The minimum atomic E-state index is -0.949. The van der Waals surface area contributed by atoms with Crippen LogP contribution in [0.3, 0.4) is 0 Å². The average molecular weight is 287 g/mol. The number of nitrogens with one attached hydrogen (secondary N) is 1. The molecular weight excluding hydrogens is 268 g/mol. The molecule has 1 fully saturated rings. The maximum absolute atomic E-state index is 13.5. The van der Waals surface area contributed by atoms with Gasteiger partial charge in [-0.1, -0.05) is 6.07 Å². The molecule has 1 aliphatic rings. The second kappa shape index (κ2) is 6.20. The second-order valence-electron chi connectivity index (χ2n) is 5.21. The number of hydrogen-bond donors (Lipinski definition) is 2. The SMILES string of the molecule is CC1(CNCC(O)c2ccc(F)cc2F)CCCS1. The van der Waals surface area contributed by atoms with Gasteiger partial charge >= 0.3 is 0 Å². The highest BCUT2D eigenvalue weighted by molar-refractivity contribution is 8.00. The molecule has 1 heterocycles. The Morgan fingerprint density at radius 2 is 2.26 bits per heavy atom. The van der Waals surface area contributed by atoms with Crippen LogP contribution in [0.15, 0.2) is 18.2 Å². The van der Waals surface area contributed by atoms with Crippen LogP contribution in [0.5, 0.6) is 0 Å². The van der Waals surface area contributed by atoms with Crippen LogP contribution >= 0.6 is 11.8 Å². The minimum Gasteiger partial charge on any atom is -0.387 e. The summed E-state index contributed by atoms with van der Waals surface area (Å²) >= 11 is 1.93. The summed E-state index contributed by atoms with van der Waals surface area (Å²) in [5, 5.41) is 13.1. The molecule has 1 aromatic carbocycles. The van der Waals surface area contributed by atoms with Crippen LogP contribution in [-0.2, 0) is 0 Å². The average Bonchev–Trinajstić information content (AvgIpc) is 2.76. The zero-order valence-corrected chi connectivity index (χ0v) is 11.8. The Hall–Kier alpha value is -0.650. The molecule has 2 unspecified atom stereocenters. The number of benzene rings is 1. The van der Waals surface area contributed by atoms with Crippen LogP contribution in [0, 0.1) is 11.6 Å². The molecule has 19 heavy (non-hydrogen) atoms. The first-order valence-corrected chi connectivity index (χ1v) is 7.46. The molecule has 0 radical (unpaired) electrons. The second-order valence-corrected chi connectivity index (χ2v) is 6.90. The van der Waals surface area contributed by atoms with Gasteiger partial charge in [-0.3, -0.25) is 0 Å². The third-order valence-electron chi connectivity index (χ3n) is 3.46. The van der Waals surface area contributed by atoms with Gasteiger partial charge in [0.05, 0.1) is 6.10 Å². The Morgan fingerprint density at radius 3 is 2.89 bits per heavy atom. The lowest BCUT2D eigenvalue weighted by Gasteiger charge is -2.24. The van der Waals surface area contributed by atoms with E-state index in [-0.39, 0.29) is 16.9 Å². The van der Waals surface area contributed by atoms with Gasteiger partial charge in [0.2, 0.25) is 0 Å². The van der Waals surface area contributed by atoms with E-state index in [2.05, 4.69) is 12.2 Å². The summed E-state index contributed by atoms with van der Waals surface area (Å²) in [6.07, 6.45) is 1.43. The van der Waals surface area contributed by atoms with Crippen molar-refractivity contribution in [1.82, 2.24) is 5.32 Å². The van der Waals surface area contributed by atoms with Crippen molar-refractivity contribution in [3.63, 3.8) is 0 Å². The molecule has 2 nitrogen and oxygen atoms in total. The fraction of sp³-hybridized carbons (Fsp3) is 0.571. The Bertz CT molecular complexity index is 435. The van der Waals surface area contributed by atoms with Crippen molar-refractivity contribution in [3.8, 4) is 0 Å². The predicted octanol–water partition coefficient (Wildman–Crippen LogP) is 2.87. The van der Waals surface area contributed by atoms with E-state index in [1.807, 2.05) is 11.8 Å². The van der Waals surface area contributed by atoms with Gasteiger partial charge in [0, 0.05) is 29.5 Å². The molecule has 2 atom stereocenters. The van der Waals surface area contributed by atoms with Crippen LogP contribution in [0.1, 0.15) is 31.4 Å². The first kappa shape index (κ1) is 14.8. The van der Waals surface area contributed by atoms with E-state index < -0.39 is 17.7 Å². The van der Waals surface area contributed by atoms with Crippen molar-refractivity contribution in [2.24, 2.45) is 0 Å². The zero-order valence-electron chi connectivity index (χ0n) is 11.0. The largest absolute Gasteiger partial charge is 0.387 e. The van der Waals surface area contributed by atoms with Crippen molar-refractivity contribution >= 4 is 11.8 Å². The van der Waals surface area contributed by atoms with Crippen LogP contribution in [0.25, 0.3) is 0 Å². The van der Waals surface area contributed by atoms with Crippen LogP contribution in [0.4, 0.5) is 8.78 Å². The topological polar surface area (TPSA) is 32.3 Å². The Balaban J connectivity index is 1.85. The minimum absolute atomic E-state index is 0.137. The van der Waals surface area contributed by atoms with Crippen molar-refractivity contribution in [1.29, 1.82) is 0 Å². The lowest BCUT2D eigenvalue weighted by atomic mass is 10.1. The van der Waals surface area contributed by atoms with Crippen molar-refractivity contribution in [2.45, 2.75) is 30.6 Å². The van der Waals surface area contributed by atoms with Gasteiger partial charge in [0.25, 0.3) is 0 Å². The maximum atomic E-state index is 13.5. The highest BCUT2D eigenvalue weighted by Crippen LogP contribution is 2.37. The molecule has 0 saturated carbocycles. The summed E-state index contributed by atoms with van der Waals surface area (Å²) in [5.41, 5.74) is 0.137. The van der Waals surface area contributed by atoms with E-state index in [0.717, 1.165) is 25.1 Å². The van der Waals surface area contributed by atoms with Gasteiger partial charge in [0.1, 0.15) is 11.6 Å². The normalized spacial score (nSPS) is 24.6. The van der Waals surface area contributed by atoms with E-state index in [1.165, 1.54) is 18.2 Å². The van der Waals surface area contributed by atoms with E-state index in [4.69, 9.17) is 0 Å². The predicted molar refractivity (Wildman–Crippen MR) is 74.3 cm³/mol. The number of rotatable bonds is 5. The standard InChI is InChI=1S/C14H19F2NOS/c1-14(5-2-6-19-14)9-17-8-13(18)11-4-3-10(15)7-12(11)16/h3-4,7,13,17-18H,2,5-6,8-9H2,1H3. The Labute approximate surface area is 116 Å².